The fraction of sp³-hybridized carbons (Fsp3) is 0.600. The van der Waals surface area contributed by atoms with Gasteiger partial charge in [-0.1, -0.05) is 68.6 Å². The van der Waals surface area contributed by atoms with Crippen molar-refractivity contribution in [3.8, 4) is 12.3 Å². The first-order valence-electron chi connectivity index (χ1n) is 8.40. The van der Waals surface area contributed by atoms with E-state index in [9.17, 15) is 5.11 Å². The highest BCUT2D eigenvalue weighted by Crippen LogP contribution is 2.09. The zero-order chi connectivity index (χ0) is 15.6. The van der Waals surface area contributed by atoms with Crippen molar-refractivity contribution in [1.29, 1.82) is 0 Å². The maximum Gasteiger partial charge on any atom is 0.114 e. The molecule has 0 rings (SSSR count). The van der Waals surface area contributed by atoms with Crippen molar-refractivity contribution in [1.82, 2.24) is 0 Å². The van der Waals surface area contributed by atoms with Crippen LogP contribution in [0.15, 0.2) is 36.5 Å². The molecule has 0 fully saturated rings. The molecule has 1 atom stereocenters. The fourth-order valence-electron chi connectivity index (χ4n) is 2.04. The Morgan fingerprint density at radius 3 is 2.10 bits per heavy atom. The minimum absolute atomic E-state index is 0.543. The van der Waals surface area contributed by atoms with Gasteiger partial charge in [0.25, 0.3) is 0 Å². The van der Waals surface area contributed by atoms with Crippen molar-refractivity contribution in [2.75, 3.05) is 0 Å². The molecule has 0 unspecified atom stereocenters. The molecule has 0 spiro atoms. The smallest absolute Gasteiger partial charge is 0.114 e. The number of aliphatic hydroxyl groups excluding tert-OH is 1. The third-order valence-corrected chi connectivity index (χ3v) is 3.32. The Bertz CT molecular complexity index is 330. The quantitative estimate of drug-likeness (QED) is 0.267. The lowest BCUT2D eigenvalue weighted by Crippen LogP contribution is -2.01. The van der Waals surface area contributed by atoms with Crippen LogP contribution in [0.3, 0.4) is 0 Å². The lowest BCUT2D eigenvalue weighted by atomic mass is 10.1. The van der Waals surface area contributed by atoms with Crippen LogP contribution >= 0.6 is 0 Å². The predicted octanol–water partition coefficient (Wildman–Crippen LogP) is 5.57. The van der Waals surface area contributed by atoms with Crippen molar-refractivity contribution < 1.29 is 5.11 Å². The summed E-state index contributed by atoms with van der Waals surface area (Å²) in [6, 6.07) is 0. The molecule has 0 aromatic heterocycles. The lowest BCUT2D eigenvalue weighted by molar-refractivity contribution is 0.217. The Hall–Kier alpha value is -1.26. The molecule has 0 amide bonds. The summed E-state index contributed by atoms with van der Waals surface area (Å²) >= 11 is 0. The molecule has 0 saturated heterocycles. The van der Waals surface area contributed by atoms with Crippen molar-refractivity contribution in [2.24, 2.45) is 0 Å². The molecule has 118 valence electrons. The van der Waals surface area contributed by atoms with Gasteiger partial charge in [-0.25, -0.2) is 0 Å². The summed E-state index contributed by atoms with van der Waals surface area (Å²) in [4.78, 5) is 0. The van der Waals surface area contributed by atoms with Gasteiger partial charge in [-0.3, -0.25) is 0 Å². The highest BCUT2D eigenvalue weighted by atomic mass is 16.3. The van der Waals surface area contributed by atoms with E-state index in [-0.39, 0.29) is 0 Å². The first-order valence-corrected chi connectivity index (χ1v) is 8.40. The molecule has 0 saturated carbocycles. The molecule has 0 radical (unpaired) electrons. The standard InChI is InChI=1S/C20H32O/c1-3-5-6-7-8-9-10-11-12-13-14-15-16-17-18-19-20(21)4-2/h2,5-6,8-9,11-12,20-21H,3,7,10,13-19H2,1H3/b6-5-,9-8-,12-11-/t20-/m0/s1. The second-order valence-electron chi connectivity index (χ2n) is 5.32. The van der Waals surface area contributed by atoms with Gasteiger partial charge in [0.1, 0.15) is 6.10 Å². The van der Waals surface area contributed by atoms with Crippen molar-refractivity contribution in [3.63, 3.8) is 0 Å². The Morgan fingerprint density at radius 1 is 0.857 bits per heavy atom. The zero-order valence-electron chi connectivity index (χ0n) is 13.6. The van der Waals surface area contributed by atoms with E-state index in [0.29, 0.717) is 0 Å². The molecule has 0 bridgehead atoms. The summed E-state index contributed by atoms with van der Waals surface area (Å²) in [6.45, 7) is 2.16. The van der Waals surface area contributed by atoms with Crippen molar-refractivity contribution in [3.05, 3.63) is 36.5 Å². The summed E-state index contributed by atoms with van der Waals surface area (Å²) in [6.07, 6.45) is 29.1. The van der Waals surface area contributed by atoms with Gasteiger partial charge in [0, 0.05) is 0 Å². The van der Waals surface area contributed by atoms with E-state index < -0.39 is 6.10 Å². The summed E-state index contributed by atoms with van der Waals surface area (Å²) < 4.78 is 0. The maximum atomic E-state index is 9.21. The molecule has 0 heterocycles. The summed E-state index contributed by atoms with van der Waals surface area (Å²) in [5.41, 5.74) is 0. The monoisotopic (exact) mass is 288 g/mol. The molecular formula is C20H32O. The van der Waals surface area contributed by atoms with Gasteiger partial charge in [0.15, 0.2) is 0 Å². The average molecular weight is 288 g/mol. The van der Waals surface area contributed by atoms with E-state index in [1.165, 1.54) is 32.1 Å². The first kappa shape index (κ1) is 19.7. The van der Waals surface area contributed by atoms with Crippen LogP contribution in [0.1, 0.15) is 71.1 Å². The minimum Gasteiger partial charge on any atom is -0.380 e. The van der Waals surface area contributed by atoms with Gasteiger partial charge in [-0.15, -0.1) is 6.42 Å². The number of hydrogen-bond acceptors (Lipinski definition) is 1. The molecule has 21 heavy (non-hydrogen) atoms. The Labute approximate surface area is 131 Å². The van der Waals surface area contributed by atoms with Crippen molar-refractivity contribution in [2.45, 2.75) is 77.2 Å². The molecule has 0 aliphatic carbocycles. The second kappa shape index (κ2) is 16.8. The summed E-state index contributed by atoms with van der Waals surface area (Å²) in [5.74, 6) is 2.35. The van der Waals surface area contributed by atoms with E-state index in [2.05, 4.69) is 49.3 Å². The molecule has 0 aliphatic heterocycles. The van der Waals surface area contributed by atoms with Gasteiger partial charge >= 0.3 is 0 Å². The molecule has 0 aromatic carbocycles. The van der Waals surface area contributed by atoms with Crippen LogP contribution < -0.4 is 0 Å². The van der Waals surface area contributed by atoms with Crippen LogP contribution in [0, 0.1) is 12.3 Å². The average Bonchev–Trinajstić information content (AvgIpc) is 2.50. The molecular weight excluding hydrogens is 256 g/mol. The number of rotatable bonds is 13. The Balaban J connectivity index is 3.26. The van der Waals surface area contributed by atoms with Gasteiger partial charge in [-0.2, -0.15) is 0 Å². The highest BCUT2D eigenvalue weighted by molar-refractivity contribution is 4.97. The van der Waals surface area contributed by atoms with Gasteiger partial charge < -0.3 is 5.11 Å². The van der Waals surface area contributed by atoms with E-state index >= 15 is 0 Å². The largest absolute Gasteiger partial charge is 0.380 e. The van der Waals surface area contributed by atoms with Crippen molar-refractivity contribution >= 4 is 0 Å². The van der Waals surface area contributed by atoms with E-state index in [1.807, 2.05) is 0 Å². The highest BCUT2D eigenvalue weighted by Gasteiger charge is 1.97. The topological polar surface area (TPSA) is 20.2 Å². The summed E-state index contributed by atoms with van der Waals surface area (Å²) in [7, 11) is 0. The maximum absolute atomic E-state index is 9.21. The molecule has 1 nitrogen and oxygen atoms in total. The Kier molecular flexibility index (Phi) is 15.8. The third kappa shape index (κ3) is 16.7. The number of hydrogen-bond donors (Lipinski definition) is 1. The van der Waals surface area contributed by atoms with Gasteiger partial charge in [-0.05, 0) is 44.9 Å². The van der Waals surface area contributed by atoms with E-state index in [4.69, 9.17) is 6.42 Å². The van der Waals surface area contributed by atoms with Crippen LogP contribution in [-0.4, -0.2) is 11.2 Å². The molecule has 0 aromatic rings. The third-order valence-electron chi connectivity index (χ3n) is 3.32. The van der Waals surface area contributed by atoms with Crippen LogP contribution in [0.5, 0.6) is 0 Å². The number of aliphatic hydroxyl groups is 1. The number of unbranched alkanes of at least 4 members (excludes halogenated alkanes) is 5. The van der Waals surface area contributed by atoms with Gasteiger partial charge in [0.2, 0.25) is 0 Å². The molecule has 1 heteroatoms. The van der Waals surface area contributed by atoms with Crippen LogP contribution in [0.4, 0.5) is 0 Å². The minimum atomic E-state index is -0.543. The number of terminal acetylenes is 1. The second-order valence-corrected chi connectivity index (χ2v) is 5.32. The SMILES string of the molecule is C#C[C@H](O)CCCCCCC/C=C\C/C=C\C/C=C\CC. The van der Waals surface area contributed by atoms with E-state index in [0.717, 1.165) is 32.1 Å². The van der Waals surface area contributed by atoms with Gasteiger partial charge in [0.05, 0.1) is 0 Å². The zero-order valence-corrected chi connectivity index (χ0v) is 13.6. The first-order chi connectivity index (χ1) is 10.3. The Morgan fingerprint density at radius 2 is 1.43 bits per heavy atom. The predicted molar refractivity (Wildman–Crippen MR) is 94.1 cm³/mol. The van der Waals surface area contributed by atoms with Crippen LogP contribution in [-0.2, 0) is 0 Å². The number of allylic oxidation sites excluding steroid dienone is 6. The normalized spacial score (nSPS) is 13.4. The van der Waals surface area contributed by atoms with Crippen LogP contribution in [0.2, 0.25) is 0 Å². The molecule has 0 aliphatic rings. The molecule has 1 N–H and O–H groups in total. The lowest BCUT2D eigenvalue weighted by Gasteiger charge is -2.02. The summed E-state index contributed by atoms with van der Waals surface area (Å²) in [5, 5.41) is 9.21. The van der Waals surface area contributed by atoms with E-state index in [1.54, 1.807) is 0 Å². The fourth-order valence-corrected chi connectivity index (χ4v) is 2.04. The van der Waals surface area contributed by atoms with Crippen LogP contribution in [0.25, 0.3) is 0 Å².